The number of carbonyl (C=O) groups excluding carboxylic acids is 11. The summed E-state index contributed by atoms with van der Waals surface area (Å²) < 4.78 is 17.8. The number of nitrogens with one attached hydrogen (secondary N) is 7. The third-order valence-electron chi connectivity index (χ3n) is 18.8. The number of likely N-dealkylation sites (tertiary alicyclic amines) is 2. The van der Waals surface area contributed by atoms with Gasteiger partial charge in [0.2, 0.25) is 41.4 Å². The van der Waals surface area contributed by atoms with Gasteiger partial charge in [0, 0.05) is 71.7 Å². The van der Waals surface area contributed by atoms with E-state index in [1.165, 1.54) is 19.3 Å². The first-order valence-electron chi connectivity index (χ1n) is 33.6. The smallest absolute Gasteiger partial charge is 0.407 e. The number of ether oxygens (including phenoxy) is 3. The van der Waals surface area contributed by atoms with E-state index in [1.807, 2.05) is 76.9 Å². The largest absolute Gasteiger partial charge is 0.445 e. The van der Waals surface area contributed by atoms with Crippen LogP contribution in [0.2, 0.25) is 0 Å². The molecule has 12 amide bonds. The predicted octanol–water partition coefficient (Wildman–Crippen LogP) is 4.68. The minimum absolute atomic E-state index is 0.00967. The number of imide groups is 1. The number of urea groups is 1. The summed E-state index contributed by atoms with van der Waals surface area (Å²) in [5.41, 5.74) is 6.36. The van der Waals surface area contributed by atoms with Crippen molar-refractivity contribution in [2.75, 3.05) is 66.4 Å². The lowest BCUT2D eigenvalue weighted by molar-refractivity contribution is -0.148. The van der Waals surface area contributed by atoms with Crippen molar-refractivity contribution in [2.45, 2.75) is 199 Å². The standard InChI is InChI=1S/C69H106N12O14/c1-13-45(6)60(79(10)65(89)59(44(4)5)77-66(90)69(8)34-22-36-78(69)9)53(93-11)40-57(85)80-38-21-26-52(80)61(94-12)46(7)62(86)74-50(39-47-23-16-14-17-24-47)41-72-68(92)95-42-48-28-30-49(31-29-48)73-63(87)51(25-20-35-71-67(70)91)75-64(88)58(43(2)3)76-54(82)27-18-15-19-37-81-55(83)32-33-56(81)84/h14,16-17,23-24,28-33,43-46,50-53,58-61H,13,15,18-22,25-27,34-42H2,1-12H3,(H,72,92)(H,73,87)(H,74,86)(H,75,88)(H,76,82)(H,77,90)(H3,70,71,91)/t45-,46+,50-,51-,52-,53+,58-,59-,60-,61+,69-/m0/s1. The number of nitrogens with two attached hydrogens (primary N) is 1. The molecule has 9 N–H and O–H groups in total. The van der Waals surface area contributed by atoms with E-state index < -0.39 is 83.9 Å². The van der Waals surface area contributed by atoms with Gasteiger partial charge in [0.1, 0.15) is 24.7 Å². The summed E-state index contributed by atoms with van der Waals surface area (Å²) in [4.78, 5) is 153. The van der Waals surface area contributed by atoms with Crippen LogP contribution in [-0.4, -0.2) is 200 Å². The quantitative estimate of drug-likeness (QED) is 0.0334. The van der Waals surface area contributed by atoms with Crippen molar-refractivity contribution in [3.63, 3.8) is 0 Å². The minimum atomic E-state index is -1.09. The number of primary amides is 1. The summed E-state index contributed by atoms with van der Waals surface area (Å²) in [5.74, 6) is -4.70. The average molecular weight is 1330 g/mol. The van der Waals surface area contributed by atoms with Crippen LogP contribution in [0.4, 0.5) is 15.3 Å². The summed E-state index contributed by atoms with van der Waals surface area (Å²) in [7, 11) is 6.70. The van der Waals surface area contributed by atoms with Crippen molar-refractivity contribution in [3.05, 3.63) is 77.9 Å². The van der Waals surface area contributed by atoms with Gasteiger partial charge < -0.3 is 67.0 Å². The molecule has 526 valence electrons. The van der Waals surface area contributed by atoms with Crippen LogP contribution in [0.25, 0.3) is 0 Å². The number of amides is 12. The lowest BCUT2D eigenvalue weighted by atomic mass is 9.89. The summed E-state index contributed by atoms with van der Waals surface area (Å²) >= 11 is 0. The first-order chi connectivity index (χ1) is 45.1. The molecule has 2 aromatic carbocycles. The monoisotopic (exact) mass is 1330 g/mol. The van der Waals surface area contributed by atoms with Gasteiger partial charge in [-0.1, -0.05) is 104 Å². The molecule has 2 fully saturated rings. The van der Waals surface area contributed by atoms with Crippen molar-refractivity contribution in [1.82, 2.24) is 51.5 Å². The maximum absolute atomic E-state index is 14.6. The maximum atomic E-state index is 14.6. The van der Waals surface area contributed by atoms with Crippen LogP contribution >= 0.6 is 0 Å². The summed E-state index contributed by atoms with van der Waals surface area (Å²) in [5, 5.41) is 19.8. The van der Waals surface area contributed by atoms with Crippen LogP contribution in [0, 0.1) is 23.7 Å². The minimum Gasteiger partial charge on any atom is -0.445 e. The van der Waals surface area contributed by atoms with E-state index in [0.29, 0.717) is 69.2 Å². The zero-order chi connectivity index (χ0) is 70.1. The lowest BCUT2D eigenvalue weighted by Crippen LogP contribution is -2.61. The van der Waals surface area contributed by atoms with Gasteiger partial charge in [-0.3, -0.25) is 53.0 Å². The molecule has 26 nitrogen and oxygen atoms in total. The SMILES string of the molecule is CC[C@H](C)[C@@H]([C@@H](CC(=O)N1CCC[C@H]1[C@H](OC)[C@@H](C)C(=O)N[C@H](CNC(=O)OCc1ccc(NC(=O)[C@H](CCCNC(N)=O)NC(=O)[C@@H](NC(=O)CCCCCN2C(=O)C=CC2=O)C(C)C)cc1)Cc1ccccc1)OC)N(C)C(=O)[C@@H](NC(=O)[C@]1(C)CCCN1C)C(C)C. The number of nitrogens with zero attached hydrogens (tertiary/aromatic N) is 4. The molecule has 0 radical (unpaired) electrons. The second-order valence-corrected chi connectivity index (χ2v) is 26.4. The number of carbonyl (C=O) groups is 11. The molecule has 2 aromatic rings. The van der Waals surface area contributed by atoms with Gasteiger partial charge in [-0.15, -0.1) is 0 Å². The Hall–Kier alpha value is -7.97. The molecule has 3 aliphatic rings. The molecule has 95 heavy (non-hydrogen) atoms. The Bertz CT molecular complexity index is 2930. The highest BCUT2D eigenvalue weighted by Gasteiger charge is 2.46. The first-order valence-corrected chi connectivity index (χ1v) is 33.6. The van der Waals surface area contributed by atoms with Crippen molar-refractivity contribution in [2.24, 2.45) is 29.4 Å². The Kier molecular flexibility index (Phi) is 31.0. The summed E-state index contributed by atoms with van der Waals surface area (Å²) in [6.07, 6.45) is 6.09. The number of hydrogen-bond donors (Lipinski definition) is 8. The average Bonchev–Trinajstić information content (AvgIpc) is 1.79. The van der Waals surface area contributed by atoms with Crippen molar-refractivity contribution < 1.29 is 67.0 Å². The van der Waals surface area contributed by atoms with Crippen LogP contribution in [0.5, 0.6) is 0 Å². The highest BCUT2D eigenvalue weighted by molar-refractivity contribution is 6.12. The van der Waals surface area contributed by atoms with E-state index in [4.69, 9.17) is 19.9 Å². The Morgan fingerprint density at radius 3 is 2.02 bits per heavy atom. The molecule has 5 rings (SSSR count). The van der Waals surface area contributed by atoms with Gasteiger partial charge in [-0.2, -0.15) is 0 Å². The first kappa shape index (κ1) is 77.7. The number of alkyl carbamates (subject to hydrolysis) is 1. The molecule has 26 heteroatoms. The van der Waals surface area contributed by atoms with E-state index >= 15 is 0 Å². The molecule has 0 unspecified atom stereocenters. The molecule has 0 aromatic heterocycles. The second kappa shape index (κ2) is 37.9. The zero-order valence-electron chi connectivity index (χ0n) is 57.8. The number of methoxy groups -OCH3 is 2. The van der Waals surface area contributed by atoms with Gasteiger partial charge in [0.15, 0.2) is 0 Å². The second-order valence-electron chi connectivity index (χ2n) is 26.4. The maximum Gasteiger partial charge on any atom is 0.407 e. The van der Waals surface area contributed by atoms with Crippen molar-refractivity contribution in [3.8, 4) is 0 Å². The highest BCUT2D eigenvalue weighted by Crippen LogP contribution is 2.31. The predicted molar refractivity (Wildman–Crippen MR) is 358 cm³/mol. The van der Waals surface area contributed by atoms with E-state index in [1.54, 1.807) is 69.0 Å². The molecule has 0 bridgehead atoms. The molecular formula is C69H106N12O14. The van der Waals surface area contributed by atoms with E-state index in [0.717, 1.165) is 23.4 Å². The number of anilines is 1. The van der Waals surface area contributed by atoms with E-state index in [9.17, 15) is 52.7 Å². The topological polar surface area (TPSA) is 339 Å². The number of hydrogen-bond acceptors (Lipinski definition) is 15. The Morgan fingerprint density at radius 2 is 1.42 bits per heavy atom. The van der Waals surface area contributed by atoms with Gasteiger partial charge in [0.25, 0.3) is 11.8 Å². The number of unbranched alkanes of at least 4 members (excludes halogenated alkanes) is 2. The summed E-state index contributed by atoms with van der Waals surface area (Å²) in [6, 6.07) is 10.8. The molecule has 2 saturated heterocycles. The Morgan fingerprint density at radius 1 is 0.747 bits per heavy atom. The third kappa shape index (κ3) is 22.9. The molecular weight excluding hydrogens is 1220 g/mol. The van der Waals surface area contributed by atoms with Crippen LogP contribution in [0.15, 0.2) is 66.7 Å². The Balaban J connectivity index is 1.16. The Labute approximate surface area is 560 Å². The van der Waals surface area contributed by atoms with Gasteiger partial charge in [0.05, 0.1) is 48.2 Å². The lowest BCUT2D eigenvalue weighted by Gasteiger charge is -2.41. The van der Waals surface area contributed by atoms with Crippen LogP contribution in [0.1, 0.15) is 144 Å². The molecule has 0 spiro atoms. The van der Waals surface area contributed by atoms with Gasteiger partial charge >= 0.3 is 12.1 Å². The fourth-order valence-corrected chi connectivity index (χ4v) is 12.7. The number of rotatable bonds is 38. The summed E-state index contributed by atoms with van der Waals surface area (Å²) in [6.45, 7) is 16.5. The highest BCUT2D eigenvalue weighted by atomic mass is 16.5. The van der Waals surface area contributed by atoms with Gasteiger partial charge in [-0.25, -0.2) is 9.59 Å². The van der Waals surface area contributed by atoms with E-state index in [2.05, 4.69) is 37.2 Å². The molecule has 3 aliphatic heterocycles. The van der Waals surface area contributed by atoms with Crippen LogP contribution < -0.4 is 43.0 Å². The number of likely N-dealkylation sites (N-methyl/N-ethyl adjacent to an activating group) is 2. The molecule has 11 atom stereocenters. The van der Waals surface area contributed by atoms with Crippen LogP contribution in [0.3, 0.4) is 0 Å². The fraction of sp³-hybridized carbons (Fsp3) is 0.638. The molecule has 0 saturated carbocycles. The van der Waals surface area contributed by atoms with Crippen molar-refractivity contribution in [1.29, 1.82) is 0 Å². The van der Waals surface area contributed by atoms with Gasteiger partial charge in [-0.05, 0) is 119 Å². The van der Waals surface area contributed by atoms with Crippen LogP contribution in [-0.2, 0) is 70.4 Å². The third-order valence-corrected chi connectivity index (χ3v) is 18.8. The number of benzene rings is 2. The van der Waals surface area contributed by atoms with Crippen molar-refractivity contribution >= 4 is 71.0 Å². The zero-order valence-corrected chi connectivity index (χ0v) is 57.8. The molecule has 3 heterocycles. The normalized spacial score (nSPS) is 19.2. The molecule has 0 aliphatic carbocycles. The fourth-order valence-electron chi connectivity index (χ4n) is 12.7. The van der Waals surface area contributed by atoms with E-state index in [-0.39, 0.29) is 111 Å².